The fourth-order valence-corrected chi connectivity index (χ4v) is 4.16. The molecule has 0 radical (unpaired) electrons. The van der Waals surface area contributed by atoms with Gasteiger partial charge in [0, 0.05) is 45.0 Å². The second kappa shape index (κ2) is 11.6. The van der Waals surface area contributed by atoms with E-state index in [-0.39, 0.29) is 12.2 Å². The number of nitrogens with zero attached hydrogens (tertiary/aromatic N) is 2. The van der Waals surface area contributed by atoms with Crippen LogP contribution in [0.4, 0.5) is 10.5 Å². The van der Waals surface area contributed by atoms with Crippen molar-refractivity contribution in [3.63, 3.8) is 0 Å². The first-order chi connectivity index (χ1) is 15.3. The van der Waals surface area contributed by atoms with E-state index in [1.54, 1.807) is 29.2 Å². The molecule has 1 heterocycles. The Morgan fingerprint density at radius 3 is 2.21 bits per heavy atom. The van der Waals surface area contributed by atoms with Crippen molar-refractivity contribution >= 4 is 27.7 Å². The predicted octanol–water partition coefficient (Wildman–Crippen LogP) is 1.88. The van der Waals surface area contributed by atoms with Gasteiger partial charge in [-0.1, -0.05) is 0 Å². The molecule has 1 fully saturated rings. The third kappa shape index (κ3) is 10.3. The van der Waals surface area contributed by atoms with Gasteiger partial charge in [-0.05, 0) is 58.9 Å². The standard InChI is InChI=1S/C22H36N4O6S/c1-17(2)31-19-8-6-18(7-9-19)24-33(29,30)16-20(27)23-10-11-25-12-14-26(15-13-25)21(28)32-22(3,4)5/h6-9,17,24H,10-16H2,1-5H3,(H,23,27). The normalized spacial score (nSPS) is 15.3. The van der Waals surface area contributed by atoms with E-state index in [2.05, 4.69) is 14.9 Å². The minimum absolute atomic E-state index is 0.0186. The van der Waals surface area contributed by atoms with Gasteiger partial charge in [0.25, 0.3) is 0 Å². The minimum Gasteiger partial charge on any atom is -0.491 e. The van der Waals surface area contributed by atoms with Crippen LogP contribution < -0.4 is 14.8 Å². The van der Waals surface area contributed by atoms with Crippen LogP contribution >= 0.6 is 0 Å². The Kier molecular flexibility index (Phi) is 9.35. The Labute approximate surface area is 196 Å². The molecule has 0 atom stereocenters. The highest BCUT2D eigenvalue weighted by molar-refractivity contribution is 7.93. The summed E-state index contributed by atoms with van der Waals surface area (Å²) < 4.78 is 37.8. The Morgan fingerprint density at radius 2 is 1.67 bits per heavy atom. The lowest BCUT2D eigenvalue weighted by molar-refractivity contribution is -0.118. The largest absolute Gasteiger partial charge is 0.491 e. The number of carbonyl (C=O) groups is 2. The molecule has 0 unspecified atom stereocenters. The van der Waals surface area contributed by atoms with Gasteiger partial charge < -0.3 is 19.7 Å². The summed E-state index contributed by atoms with van der Waals surface area (Å²) in [5, 5.41) is 2.64. The number of anilines is 1. The molecule has 1 saturated heterocycles. The Balaban J connectivity index is 1.69. The van der Waals surface area contributed by atoms with Gasteiger partial charge in [-0.15, -0.1) is 0 Å². The maximum atomic E-state index is 12.3. The van der Waals surface area contributed by atoms with Crippen molar-refractivity contribution in [2.75, 3.05) is 49.7 Å². The van der Waals surface area contributed by atoms with Gasteiger partial charge in [-0.3, -0.25) is 14.4 Å². The zero-order valence-corrected chi connectivity index (χ0v) is 20.9. The van der Waals surface area contributed by atoms with Gasteiger partial charge in [0.05, 0.1) is 6.10 Å². The summed E-state index contributed by atoms with van der Waals surface area (Å²) in [7, 11) is -3.83. The SMILES string of the molecule is CC(C)Oc1ccc(NS(=O)(=O)CC(=O)NCCN2CCN(C(=O)OC(C)(C)C)CC2)cc1. The van der Waals surface area contributed by atoms with Gasteiger partial charge in [0.1, 0.15) is 17.1 Å². The number of carbonyl (C=O) groups excluding carboxylic acids is 2. The van der Waals surface area contributed by atoms with Gasteiger partial charge in [-0.2, -0.15) is 0 Å². The predicted molar refractivity (Wildman–Crippen MR) is 127 cm³/mol. The van der Waals surface area contributed by atoms with E-state index in [1.165, 1.54) is 0 Å². The molecule has 0 spiro atoms. The zero-order chi connectivity index (χ0) is 24.6. The molecule has 1 aromatic carbocycles. The second-order valence-corrected chi connectivity index (χ2v) is 10.9. The van der Waals surface area contributed by atoms with Gasteiger partial charge in [-0.25, -0.2) is 13.2 Å². The molecule has 0 aromatic heterocycles. The van der Waals surface area contributed by atoms with Crippen LogP contribution in [0.1, 0.15) is 34.6 Å². The van der Waals surface area contributed by atoms with E-state index in [9.17, 15) is 18.0 Å². The number of ether oxygens (including phenoxy) is 2. The maximum absolute atomic E-state index is 12.3. The van der Waals surface area contributed by atoms with Crippen LogP contribution in [-0.2, 0) is 19.6 Å². The lowest BCUT2D eigenvalue weighted by Crippen LogP contribution is -2.51. The number of nitrogens with one attached hydrogen (secondary N) is 2. The topological polar surface area (TPSA) is 117 Å². The number of sulfonamides is 1. The van der Waals surface area contributed by atoms with Crippen LogP contribution in [0.2, 0.25) is 0 Å². The fourth-order valence-electron chi connectivity index (χ4n) is 3.15. The first-order valence-corrected chi connectivity index (χ1v) is 12.7. The second-order valence-electron chi connectivity index (χ2n) is 9.21. The molecule has 10 nitrogen and oxygen atoms in total. The molecule has 186 valence electrons. The lowest BCUT2D eigenvalue weighted by Gasteiger charge is -2.35. The highest BCUT2D eigenvalue weighted by Crippen LogP contribution is 2.18. The molecular weight excluding hydrogens is 448 g/mol. The van der Waals surface area contributed by atoms with Gasteiger partial charge in [0.15, 0.2) is 0 Å². The lowest BCUT2D eigenvalue weighted by atomic mass is 10.2. The third-order valence-electron chi connectivity index (χ3n) is 4.59. The highest BCUT2D eigenvalue weighted by Gasteiger charge is 2.25. The van der Waals surface area contributed by atoms with E-state index < -0.39 is 27.3 Å². The van der Waals surface area contributed by atoms with Crippen LogP contribution in [-0.4, -0.2) is 86.9 Å². The molecule has 2 N–H and O–H groups in total. The van der Waals surface area contributed by atoms with Crippen molar-refractivity contribution in [1.29, 1.82) is 0 Å². The smallest absolute Gasteiger partial charge is 0.410 e. The first kappa shape index (κ1) is 26.7. The highest BCUT2D eigenvalue weighted by atomic mass is 32.2. The number of hydrogen-bond acceptors (Lipinski definition) is 7. The van der Waals surface area contributed by atoms with E-state index in [1.807, 2.05) is 34.6 Å². The van der Waals surface area contributed by atoms with Crippen LogP contribution in [0.5, 0.6) is 5.75 Å². The van der Waals surface area contributed by atoms with Crippen molar-refractivity contribution < 1.29 is 27.5 Å². The summed E-state index contributed by atoms with van der Waals surface area (Å²) >= 11 is 0. The third-order valence-corrected chi connectivity index (χ3v) is 5.78. The van der Waals surface area contributed by atoms with E-state index in [0.717, 1.165) is 0 Å². The fraction of sp³-hybridized carbons (Fsp3) is 0.636. The molecule has 0 bridgehead atoms. The summed E-state index contributed by atoms with van der Waals surface area (Å²) in [5.74, 6) is -0.601. The molecule has 1 aliphatic rings. The number of piperazine rings is 1. The number of hydrogen-bond donors (Lipinski definition) is 2. The summed E-state index contributed by atoms with van der Waals surface area (Å²) in [6.07, 6.45) is -0.305. The zero-order valence-electron chi connectivity index (χ0n) is 20.1. The summed E-state index contributed by atoms with van der Waals surface area (Å²) in [6, 6.07) is 6.51. The Hall–Kier alpha value is -2.53. The molecule has 2 amide bonds. The molecule has 0 saturated carbocycles. The van der Waals surface area contributed by atoms with Crippen molar-refractivity contribution in [2.24, 2.45) is 0 Å². The average Bonchev–Trinajstić information content (AvgIpc) is 2.67. The summed E-state index contributed by atoms with van der Waals surface area (Å²) in [4.78, 5) is 28.0. The average molecular weight is 485 g/mol. The van der Waals surface area contributed by atoms with Crippen molar-refractivity contribution in [1.82, 2.24) is 15.1 Å². The molecule has 11 heteroatoms. The van der Waals surface area contributed by atoms with Gasteiger partial charge in [0.2, 0.25) is 15.9 Å². The molecular formula is C22H36N4O6S. The van der Waals surface area contributed by atoms with Crippen LogP contribution in [0, 0.1) is 0 Å². The molecule has 33 heavy (non-hydrogen) atoms. The number of rotatable bonds is 9. The Morgan fingerprint density at radius 1 is 1.06 bits per heavy atom. The van der Waals surface area contributed by atoms with Crippen molar-refractivity contribution in [2.45, 2.75) is 46.3 Å². The number of amides is 2. The van der Waals surface area contributed by atoms with Crippen molar-refractivity contribution in [3.05, 3.63) is 24.3 Å². The Bertz CT molecular complexity index is 888. The van der Waals surface area contributed by atoms with E-state index in [0.29, 0.717) is 50.7 Å². The molecule has 2 rings (SSSR count). The van der Waals surface area contributed by atoms with E-state index in [4.69, 9.17) is 9.47 Å². The summed E-state index contributed by atoms with van der Waals surface area (Å²) in [5.41, 5.74) is -0.166. The monoisotopic (exact) mass is 484 g/mol. The minimum atomic E-state index is -3.83. The van der Waals surface area contributed by atoms with Crippen LogP contribution in [0.25, 0.3) is 0 Å². The molecule has 1 aromatic rings. The number of benzene rings is 1. The first-order valence-electron chi connectivity index (χ1n) is 11.1. The molecule has 0 aliphatic carbocycles. The van der Waals surface area contributed by atoms with Gasteiger partial charge >= 0.3 is 6.09 Å². The van der Waals surface area contributed by atoms with Crippen molar-refractivity contribution in [3.8, 4) is 5.75 Å². The van der Waals surface area contributed by atoms with Crippen LogP contribution in [0.15, 0.2) is 24.3 Å². The summed E-state index contributed by atoms with van der Waals surface area (Å²) in [6.45, 7) is 12.6. The quantitative estimate of drug-likeness (QED) is 0.550. The maximum Gasteiger partial charge on any atom is 0.410 e. The van der Waals surface area contributed by atoms with E-state index >= 15 is 0 Å². The molecule has 1 aliphatic heterocycles. The van der Waals surface area contributed by atoms with Crippen LogP contribution in [0.3, 0.4) is 0 Å².